The van der Waals surface area contributed by atoms with Gasteiger partial charge in [0.25, 0.3) is 11.8 Å². The molecule has 0 saturated carbocycles. The summed E-state index contributed by atoms with van der Waals surface area (Å²) < 4.78 is 37.2. The molecule has 1 fully saturated rings. The van der Waals surface area contributed by atoms with E-state index in [0.29, 0.717) is 6.54 Å². The van der Waals surface area contributed by atoms with Crippen molar-refractivity contribution in [2.24, 2.45) is 0 Å². The van der Waals surface area contributed by atoms with Crippen molar-refractivity contribution in [2.75, 3.05) is 52.5 Å². The monoisotopic (exact) mass is 501 g/mol. The van der Waals surface area contributed by atoms with Gasteiger partial charge in [0.15, 0.2) is 0 Å². The maximum absolute atomic E-state index is 13.6. The minimum atomic E-state index is -3.38. The zero-order valence-electron chi connectivity index (χ0n) is 19.9. The van der Waals surface area contributed by atoms with Crippen LogP contribution in [-0.4, -0.2) is 96.3 Å². The van der Waals surface area contributed by atoms with Crippen molar-refractivity contribution in [1.82, 2.24) is 14.7 Å². The van der Waals surface area contributed by atoms with Crippen LogP contribution in [0.3, 0.4) is 0 Å². The molecule has 192 valence electrons. The number of hydrogen-bond acceptors (Lipinski definition) is 6. The third-order valence-electron chi connectivity index (χ3n) is 6.81. The fourth-order valence-electron chi connectivity index (χ4n) is 4.99. The summed E-state index contributed by atoms with van der Waals surface area (Å²) in [5.74, 6) is -0.644. The summed E-state index contributed by atoms with van der Waals surface area (Å²) in [6.07, 6.45) is -3.19. The predicted molar refractivity (Wildman–Crippen MR) is 126 cm³/mol. The van der Waals surface area contributed by atoms with Crippen LogP contribution in [0.25, 0.3) is 0 Å². The van der Waals surface area contributed by atoms with Crippen LogP contribution in [0, 0.1) is 0 Å². The van der Waals surface area contributed by atoms with Crippen molar-refractivity contribution in [3.63, 3.8) is 0 Å². The van der Waals surface area contributed by atoms with Crippen LogP contribution in [-0.2, 0) is 17.7 Å². The SMILES string of the molecule is O=C(c1ccc2c(c1)OCCN(CC(O)CN1CCc3ccccc3C1)C2=O)N1CCOC(F)(F)C1. The summed E-state index contributed by atoms with van der Waals surface area (Å²) in [5.41, 5.74) is 3.03. The summed E-state index contributed by atoms with van der Waals surface area (Å²) in [7, 11) is 0. The van der Waals surface area contributed by atoms with Crippen molar-refractivity contribution in [1.29, 1.82) is 0 Å². The largest absolute Gasteiger partial charge is 0.491 e. The van der Waals surface area contributed by atoms with Gasteiger partial charge in [0.2, 0.25) is 0 Å². The van der Waals surface area contributed by atoms with Gasteiger partial charge in [-0.15, -0.1) is 0 Å². The van der Waals surface area contributed by atoms with Crippen LogP contribution < -0.4 is 4.74 Å². The van der Waals surface area contributed by atoms with E-state index in [1.807, 2.05) is 12.1 Å². The first-order chi connectivity index (χ1) is 17.3. The molecule has 10 heteroatoms. The molecule has 0 spiro atoms. The molecule has 2 aromatic rings. The van der Waals surface area contributed by atoms with Gasteiger partial charge in [-0.05, 0) is 35.7 Å². The fraction of sp³-hybridized carbons (Fsp3) is 0.462. The molecule has 1 unspecified atom stereocenters. The average Bonchev–Trinajstić information content (AvgIpc) is 3.01. The molecule has 3 aliphatic rings. The molecule has 3 aliphatic heterocycles. The second kappa shape index (κ2) is 10.1. The highest BCUT2D eigenvalue weighted by atomic mass is 19.3. The third kappa shape index (κ3) is 5.35. The zero-order chi connectivity index (χ0) is 25.3. The van der Waals surface area contributed by atoms with Crippen LogP contribution in [0.4, 0.5) is 8.78 Å². The molecule has 0 radical (unpaired) electrons. The number of aliphatic hydroxyl groups is 1. The molecular formula is C26H29F2N3O5. The molecule has 1 saturated heterocycles. The number of ether oxygens (including phenoxy) is 2. The molecular weight excluding hydrogens is 472 g/mol. The van der Waals surface area contributed by atoms with E-state index in [9.17, 15) is 23.5 Å². The molecule has 0 aromatic heterocycles. The third-order valence-corrected chi connectivity index (χ3v) is 6.81. The van der Waals surface area contributed by atoms with E-state index in [4.69, 9.17) is 4.74 Å². The molecule has 0 aliphatic carbocycles. The Bertz CT molecular complexity index is 1140. The molecule has 5 rings (SSSR count). The minimum Gasteiger partial charge on any atom is -0.491 e. The number of carbonyl (C=O) groups is 2. The first-order valence-corrected chi connectivity index (χ1v) is 12.1. The van der Waals surface area contributed by atoms with E-state index in [1.54, 1.807) is 4.90 Å². The average molecular weight is 502 g/mol. The second-order valence-corrected chi connectivity index (χ2v) is 9.43. The molecule has 0 bridgehead atoms. The Morgan fingerprint density at radius 1 is 1.06 bits per heavy atom. The van der Waals surface area contributed by atoms with Gasteiger partial charge in [-0.3, -0.25) is 14.5 Å². The fourth-order valence-corrected chi connectivity index (χ4v) is 4.99. The number of nitrogens with zero attached hydrogens (tertiary/aromatic N) is 3. The number of amides is 2. The molecule has 8 nitrogen and oxygen atoms in total. The summed E-state index contributed by atoms with van der Waals surface area (Å²) in [5, 5.41) is 10.8. The number of β-amino-alcohol motifs (C(OH)–C–C–N with tert-alkyl or cyclic N) is 1. The van der Waals surface area contributed by atoms with Crippen LogP contribution >= 0.6 is 0 Å². The number of benzene rings is 2. The summed E-state index contributed by atoms with van der Waals surface area (Å²) in [6, 6.07) is 12.6. The van der Waals surface area contributed by atoms with Crippen LogP contribution in [0.1, 0.15) is 31.8 Å². The molecule has 36 heavy (non-hydrogen) atoms. The van der Waals surface area contributed by atoms with E-state index in [1.165, 1.54) is 29.3 Å². The number of morpholine rings is 1. The number of rotatable bonds is 5. The lowest BCUT2D eigenvalue weighted by Crippen LogP contribution is -2.49. The zero-order valence-corrected chi connectivity index (χ0v) is 19.9. The Labute approximate surface area is 208 Å². The summed E-state index contributed by atoms with van der Waals surface area (Å²) >= 11 is 0. The van der Waals surface area contributed by atoms with Crippen molar-refractivity contribution in [2.45, 2.75) is 25.2 Å². The van der Waals surface area contributed by atoms with E-state index in [2.05, 4.69) is 21.8 Å². The molecule has 1 atom stereocenters. The number of hydrogen-bond donors (Lipinski definition) is 1. The Morgan fingerprint density at radius 3 is 2.67 bits per heavy atom. The van der Waals surface area contributed by atoms with Crippen molar-refractivity contribution in [3.8, 4) is 5.75 Å². The normalized spacial score (nSPS) is 20.7. The topological polar surface area (TPSA) is 82.5 Å². The molecule has 1 N–H and O–H groups in total. The highest BCUT2D eigenvalue weighted by molar-refractivity contribution is 6.00. The smallest absolute Gasteiger partial charge is 0.373 e. The van der Waals surface area contributed by atoms with Gasteiger partial charge in [0.05, 0.1) is 24.8 Å². The van der Waals surface area contributed by atoms with Crippen molar-refractivity contribution < 1.29 is 33.0 Å². The first kappa shape index (κ1) is 24.6. The molecule has 3 heterocycles. The Morgan fingerprint density at radius 2 is 1.86 bits per heavy atom. The lowest BCUT2D eigenvalue weighted by molar-refractivity contribution is -0.263. The Hall–Kier alpha value is -3.08. The van der Waals surface area contributed by atoms with E-state index in [-0.39, 0.29) is 55.6 Å². The highest BCUT2D eigenvalue weighted by Gasteiger charge is 2.39. The second-order valence-electron chi connectivity index (χ2n) is 9.43. The first-order valence-electron chi connectivity index (χ1n) is 12.1. The van der Waals surface area contributed by atoms with Gasteiger partial charge < -0.3 is 24.4 Å². The van der Waals surface area contributed by atoms with Gasteiger partial charge in [0.1, 0.15) is 18.9 Å². The predicted octanol–water partition coefficient (Wildman–Crippen LogP) is 2.01. The number of carbonyl (C=O) groups excluding carboxylic acids is 2. The Kier molecular flexibility index (Phi) is 6.92. The lowest BCUT2D eigenvalue weighted by Gasteiger charge is -2.32. The maximum atomic E-state index is 13.6. The van der Waals surface area contributed by atoms with Gasteiger partial charge in [-0.2, -0.15) is 8.78 Å². The van der Waals surface area contributed by atoms with Crippen LogP contribution in [0.15, 0.2) is 42.5 Å². The quantitative estimate of drug-likeness (QED) is 0.675. The lowest BCUT2D eigenvalue weighted by atomic mass is 10.00. The number of alkyl halides is 2. The Balaban J connectivity index is 1.22. The van der Waals surface area contributed by atoms with Gasteiger partial charge in [0, 0.05) is 38.3 Å². The van der Waals surface area contributed by atoms with Crippen molar-refractivity contribution >= 4 is 11.8 Å². The van der Waals surface area contributed by atoms with Crippen LogP contribution in [0.2, 0.25) is 0 Å². The summed E-state index contributed by atoms with van der Waals surface area (Å²) in [6.45, 7) is 1.67. The van der Waals surface area contributed by atoms with Gasteiger partial charge in [-0.1, -0.05) is 24.3 Å². The number of aliphatic hydroxyl groups excluding tert-OH is 1. The minimum absolute atomic E-state index is 0.0551. The standard InChI is InChI=1S/C26H29F2N3O5/c27-26(28)17-31(10-12-36-26)24(33)19-5-6-22-23(13-19)35-11-9-30(25(22)34)16-21(32)15-29-8-7-18-3-1-2-4-20(18)14-29/h1-6,13,21,32H,7-12,14-17H2. The van der Waals surface area contributed by atoms with Crippen molar-refractivity contribution in [3.05, 3.63) is 64.7 Å². The molecule has 2 amide bonds. The van der Waals surface area contributed by atoms with E-state index < -0.39 is 24.7 Å². The maximum Gasteiger partial charge on any atom is 0.373 e. The van der Waals surface area contributed by atoms with Crippen LogP contribution in [0.5, 0.6) is 5.75 Å². The summed E-state index contributed by atoms with van der Waals surface area (Å²) in [4.78, 5) is 30.7. The van der Waals surface area contributed by atoms with E-state index in [0.717, 1.165) is 24.4 Å². The molecule has 2 aromatic carbocycles. The van der Waals surface area contributed by atoms with Gasteiger partial charge in [-0.25, -0.2) is 0 Å². The number of halogens is 2. The van der Waals surface area contributed by atoms with Gasteiger partial charge >= 0.3 is 6.11 Å². The highest BCUT2D eigenvalue weighted by Crippen LogP contribution is 2.28. The van der Waals surface area contributed by atoms with E-state index >= 15 is 0 Å². The number of fused-ring (bicyclic) bond motifs is 2.